The van der Waals surface area contributed by atoms with Gasteiger partial charge in [-0.15, -0.1) is 0 Å². The number of rotatable bonds is 5. The van der Waals surface area contributed by atoms with Crippen LogP contribution >= 0.6 is 15.9 Å². The lowest BCUT2D eigenvalue weighted by atomic mass is 9.95. The zero-order chi connectivity index (χ0) is 23.8. The lowest BCUT2D eigenvalue weighted by molar-refractivity contribution is -0.385. The molecule has 0 fully saturated rings. The Kier molecular flexibility index (Phi) is 5.77. The lowest BCUT2D eigenvalue weighted by Gasteiger charge is -2.43. The third-order valence-corrected chi connectivity index (χ3v) is 5.97. The minimum absolute atomic E-state index is 0.0549. The number of hydrazone groups is 1. The summed E-state index contributed by atoms with van der Waals surface area (Å²) >= 11 is 3.27. The Bertz CT molecular complexity index is 1300. The summed E-state index contributed by atoms with van der Waals surface area (Å²) in [4.78, 5) is 24.3. The molecule has 3 aromatic carbocycles. The summed E-state index contributed by atoms with van der Waals surface area (Å²) in [6.07, 6.45) is 1.45. The number of nitrogens with zero attached hydrogens (tertiary/aromatic N) is 3. The summed E-state index contributed by atoms with van der Waals surface area (Å²) in [7, 11) is 1.43. The third-order valence-electron chi connectivity index (χ3n) is 5.36. The highest BCUT2D eigenvalue weighted by molar-refractivity contribution is 9.10. The van der Waals surface area contributed by atoms with Gasteiger partial charge in [-0.25, -0.2) is 0 Å². The predicted molar refractivity (Wildman–Crippen MR) is 127 cm³/mol. The Balaban J connectivity index is 1.83. The SMILES string of the molecule is COc1cc(C=NN2C(=O)c3ccccc3N[C@]2(C)c2cccc([N+](=O)[O-])c2)cc(Br)c1O. The molecule has 0 aromatic heterocycles. The number of benzene rings is 3. The molecular formula is C23H19BrN4O5. The molecule has 0 radical (unpaired) electrons. The van der Waals surface area contributed by atoms with E-state index in [1.165, 1.54) is 30.5 Å². The molecule has 1 heterocycles. The number of methoxy groups -OCH3 is 1. The summed E-state index contributed by atoms with van der Waals surface area (Å²) in [5, 5.41) is 30.4. The smallest absolute Gasteiger partial charge is 0.278 e. The van der Waals surface area contributed by atoms with E-state index in [2.05, 4.69) is 26.3 Å². The van der Waals surface area contributed by atoms with Crippen molar-refractivity contribution in [3.05, 3.63) is 91.9 Å². The third kappa shape index (κ3) is 4.00. The van der Waals surface area contributed by atoms with Crippen LogP contribution in [-0.4, -0.2) is 34.3 Å². The molecular weight excluding hydrogens is 492 g/mol. The van der Waals surface area contributed by atoms with Gasteiger partial charge in [0.05, 0.1) is 28.3 Å². The Morgan fingerprint density at radius 3 is 2.70 bits per heavy atom. The van der Waals surface area contributed by atoms with E-state index in [1.54, 1.807) is 55.5 Å². The quantitative estimate of drug-likeness (QED) is 0.288. The largest absolute Gasteiger partial charge is 0.503 e. The number of halogens is 1. The number of carbonyl (C=O) groups is 1. The number of nitro benzene ring substituents is 1. The van der Waals surface area contributed by atoms with Crippen LogP contribution in [0.2, 0.25) is 0 Å². The summed E-state index contributed by atoms with van der Waals surface area (Å²) in [6, 6.07) is 16.3. The Hall–Kier alpha value is -3.92. The molecule has 0 bridgehead atoms. The molecule has 168 valence electrons. The van der Waals surface area contributed by atoms with Crippen LogP contribution in [0.4, 0.5) is 11.4 Å². The molecule has 2 N–H and O–H groups in total. The van der Waals surface area contributed by atoms with Crippen molar-refractivity contribution in [3.8, 4) is 11.5 Å². The molecule has 1 aliphatic rings. The first-order chi connectivity index (χ1) is 15.7. The second-order valence-electron chi connectivity index (χ2n) is 7.47. The molecule has 9 nitrogen and oxygen atoms in total. The predicted octanol–water partition coefficient (Wildman–Crippen LogP) is 4.85. The Labute approximate surface area is 197 Å². The van der Waals surface area contributed by atoms with E-state index in [-0.39, 0.29) is 23.1 Å². The van der Waals surface area contributed by atoms with E-state index in [4.69, 9.17) is 4.74 Å². The average Bonchev–Trinajstić information content (AvgIpc) is 2.81. The van der Waals surface area contributed by atoms with Crippen LogP contribution in [0.25, 0.3) is 0 Å². The second kappa shape index (κ2) is 8.55. The van der Waals surface area contributed by atoms with Gasteiger partial charge in [-0.1, -0.05) is 24.3 Å². The zero-order valence-corrected chi connectivity index (χ0v) is 19.2. The standard InChI is InChI=1S/C23H19BrN4O5/c1-23(15-6-5-7-16(12-15)28(31)32)26-19-9-4-3-8-17(19)22(30)27(23)25-13-14-10-18(24)21(29)20(11-14)33-2/h3-13,26,29H,1-2H3/t23-/m0/s1. The fourth-order valence-electron chi connectivity index (χ4n) is 3.64. The van der Waals surface area contributed by atoms with Gasteiger partial charge in [0.25, 0.3) is 11.6 Å². The zero-order valence-electron chi connectivity index (χ0n) is 17.7. The minimum Gasteiger partial charge on any atom is -0.503 e. The van der Waals surface area contributed by atoms with Crippen LogP contribution in [0.3, 0.4) is 0 Å². The average molecular weight is 511 g/mol. The van der Waals surface area contributed by atoms with E-state index in [9.17, 15) is 20.0 Å². The molecule has 0 saturated carbocycles. The number of aromatic hydroxyl groups is 1. The molecule has 1 amide bonds. The lowest BCUT2D eigenvalue weighted by Crippen LogP contribution is -2.53. The molecule has 0 aliphatic carbocycles. The number of phenols is 1. The molecule has 0 saturated heterocycles. The molecule has 1 atom stereocenters. The number of carbonyl (C=O) groups excluding carboxylic acids is 1. The van der Waals surface area contributed by atoms with E-state index in [0.717, 1.165) is 0 Å². The van der Waals surface area contributed by atoms with Crippen LogP contribution in [0.5, 0.6) is 11.5 Å². The van der Waals surface area contributed by atoms with Gasteiger partial charge in [0.15, 0.2) is 17.2 Å². The second-order valence-corrected chi connectivity index (χ2v) is 8.32. The topological polar surface area (TPSA) is 117 Å². The van der Waals surface area contributed by atoms with Gasteiger partial charge < -0.3 is 15.2 Å². The van der Waals surface area contributed by atoms with Crippen molar-refractivity contribution in [3.63, 3.8) is 0 Å². The van der Waals surface area contributed by atoms with Gasteiger partial charge in [0, 0.05) is 23.4 Å². The van der Waals surface area contributed by atoms with Crippen molar-refractivity contribution in [2.45, 2.75) is 12.6 Å². The van der Waals surface area contributed by atoms with E-state index in [1.807, 2.05) is 0 Å². The Morgan fingerprint density at radius 1 is 1.21 bits per heavy atom. The number of anilines is 1. The van der Waals surface area contributed by atoms with Crippen molar-refractivity contribution in [2.75, 3.05) is 12.4 Å². The van der Waals surface area contributed by atoms with Crippen LogP contribution in [-0.2, 0) is 5.66 Å². The maximum absolute atomic E-state index is 13.5. The number of para-hydroxylation sites is 1. The van der Waals surface area contributed by atoms with Crippen LogP contribution in [0.15, 0.2) is 70.2 Å². The highest BCUT2D eigenvalue weighted by Gasteiger charge is 2.43. The van der Waals surface area contributed by atoms with Gasteiger partial charge in [-0.3, -0.25) is 14.9 Å². The van der Waals surface area contributed by atoms with Gasteiger partial charge in [0.1, 0.15) is 0 Å². The number of nitrogens with one attached hydrogen (secondary N) is 1. The Morgan fingerprint density at radius 2 is 1.97 bits per heavy atom. The van der Waals surface area contributed by atoms with Gasteiger partial charge >= 0.3 is 0 Å². The van der Waals surface area contributed by atoms with Crippen molar-refractivity contribution in [1.82, 2.24) is 5.01 Å². The molecule has 3 aromatic rings. The van der Waals surface area contributed by atoms with Gasteiger partial charge in [-0.05, 0) is 52.7 Å². The van der Waals surface area contributed by atoms with Crippen molar-refractivity contribution < 1.29 is 19.6 Å². The van der Waals surface area contributed by atoms with Crippen molar-refractivity contribution in [2.24, 2.45) is 5.10 Å². The molecule has 0 unspecified atom stereocenters. The van der Waals surface area contributed by atoms with E-state index < -0.39 is 10.6 Å². The maximum Gasteiger partial charge on any atom is 0.278 e. The summed E-state index contributed by atoms with van der Waals surface area (Å²) < 4.78 is 5.57. The van der Waals surface area contributed by atoms with Crippen LogP contribution in [0.1, 0.15) is 28.4 Å². The summed E-state index contributed by atoms with van der Waals surface area (Å²) in [6.45, 7) is 1.73. The summed E-state index contributed by atoms with van der Waals surface area (Å²) in [5.74, 6) is -0.194. The number of ether oxygens (including phenoxy) is 1. The minimum atomic E-state index is -1.22. The molecule has 1 aliphatic heterocycles. The highest BCUT2D eigenvalue weighted by atomic mass is 79.9. The normalized spacial score (nSPS) is 17.5. The summed E-state index contributed by atoms with van der Waals surface area (Å²) in [5.41, 5.74) is 0.745. The van der Waals surface area contributed by atoms with Crippen molar-refractivity contribution >= 4 is 39.4 Å². The molecule has 4 rings (SSSR count). The first-order valence-electron chi connectivity index (χ1n) is 9.82. The van der Waals surface area contributed by atoms with E-state index in [0.29, 0.717) is 26.9 Å². The van der Waals surface area contributed by atoms with Gasteiger partial charge in [-0.2, -0.15) is 10.1 Å². The van der Waals surface area contributed by atoms with E-state index >= 15 is 0 Å². The fourth-order valence-corrected chi connectivity index (χ4v) is 4.10. The molecule has 10 heteroatoms. The van der Waals surface area contributed by atoms with Crippen LogP contribution in [0, 0.1) is 10.1 Å². The highest BCUT2D eigenvalue weighted by Crippen LogP contribution is 2.39. The fraction of sp³-hybridized carbons (Fsp3) is 0.130. The first kappa shape index (κ1) is 22.3. The number of nitro groups is 1. The number of hydrogen-bond donors (Lipinski definition) is 2. The number of non-ortho nitro benzene ring substituents is 1. The first-order valence-corrected chi connectivity index (χ1v) is 10.6. The monoisotopic (exact) mass is 510 g/mol. The number of fused-ring (bicyclic) bond motifs is 1. The molecule has 0 spiro atoms. The maximum atomic E-state index is 13.5. The van der Waals surface area contributed by atoms with Gasteiger partial charge in [0.2, 0.25) is 0 Å². The van der Waals surface area contributed by atoms with Crippen molar-refractivity contribution in [1.29, 1.82) is 0 Å². The number of phenolic OH excluding ortho intramolecular Hbond substituents is 1. The molecule has 33 heavy (non-hydrogen) atoms. The number of amides is 1. The number of hydrogen-bond acceptors (Lipinski definition) is 7. The van der Waals surface area contributed by atoms with Crippen LogP contribution < -0.4 is 10.1 Å².